The van der Waals surface area contributed by atoms with E-state index in [9.17, 15) is 4.39 Å². The molecule has 0 spiro atoms. The summed E-state index contributed by atoms with van der Waals surface area (Å²) >= 11 is 5.81. The van der Waals surface area contributed by atoms with Crippen molar-refractivity contribution in [2.75, 3.05) is 6.54 Å². The van der Waals surface area contributed by atoms with Crippen LogP contribution in [0.25, 0.3) is 0 Å². The highest BCUT2D eigenvalue weighted by molar-refractivity contribution is 6.30. The Morgan fingerprint density at radius 2 is 2.00 bits per heavy atom. The Hall–Kier alpha value is -0.600. The summed E-state index contributed by atoms with van der Waals surface area (Å²) in [6.45, 7) is 9.74. The van der Waals surface area contributed by atoms with Crippen LogP contribution in [-0.2, 0) is 6.42 Å². The summed E-state index contributed by atoms with van der Waals surface area (Å²) in [6.07, 6.45) is 1.96. The monoisotopic (exact) mass is 271 g/mol. The lowest BCUT2D eigenvalue weighted by atomic mass is 9.86. The zero-order valence-corrected chi connectivity index (χ0v) is 12.4. The number of likely N-dealkylation sites (N-methyl/N-ethyl adjacent to an activating group) is 1. The molecule has 0 aliphatic rings. The Labute approximate surface area is 115 Å². The summed E-state index contributed by atoms with van der Waals surface area (Å²) in [7, 11) is 0. The Morgan fingerprint density at radius 1 is 1.33 bits per heavy atom. The summed E-state index contributed by atoms with van der Waals surface area (Å²) in [5.41, 5.74) is 1.35. The molecule has 0 aliphatic carbocycles. The van der Waals surface area contributed by atoms with Crippen LogP contribution in [0.5, 0.6) is 0 Å². The van der Waals surface area contributed by atoms with Gasteiger partial charge in [0, 0.05) is 6.04 Å². The van der Waals surface area contributed by atoms with Gasteiger partial charge in [0.2, 0.25) is 0 Å². The summed E-state index contributed by atoms with van der Waals surface area (Å²) in [4.78, 5) is 0. The highest BCUT2D eigenvalue weighted by atomic mass is 35.5. The van der Waals surface area contributed by atoms with E-state index in [4.69, 9.17) is 11.6 Å². The van der Waals surface area contributed by atoms with E-state index in [1.165, 1.54) is 6.07 Å². The van der Waals surface area contributed by atoms with Crippen LogP contribution in [0.2, 0.25) is 5.02 Å². The average molecular weight is 272 g/mol. The molecular formula is C15H23ClFN. The molecule has 18 heavy (non-hydrogen) atoms. The molecule has 0 amide bonds. The molecule has 1 unspecified atom stereocenters. The first kappa shape index (κ1) is 15.5. The van der Waals surface area contributed by atoms with Gasteiger partial charge in [-0.05, 0) is 42.5 Å². The van der Waals surface area contributed by atoms with Gasteiger partial charge in [0.25, 0.3) is 0 Å². The number of rotatable bonds is 5. The van der Waals surface area contributed by atoms with Gasteiger partial charge >= 0.3 is 0 Å². The predicted molar refractivity (Wildman–Crippen MR) is 76.7 cm³/mol. The maximum absolute atomic E-state index is 13.1. The Balaban J connectivity index is 2.73. The molecule has 0 saturated carbocycles. The second-order valence-corrected chi connectivity index (χ2v) is 6.38. The number of hydrogen-bond acceptors (Lipinski definition) is 1. The van der Waals surface area contributed by atoms with Gasteiger partial charge in [-0.3, -0.25) is 0 Å². The molecule has 102 valence electrons. The quantitative estimate of drug-likeness (QED) is 0.835. The number of halogens is 2. The molecule has 1 nitrogen and oxygen atoms in total. The molecule has 0 saturated heterocycles. The molecule has 1 rings (SSSR count). The van der Waals surface area contributed by atoms with E-state index in [1.54, 1.807) is 6.07 Å². The minimum absolute atomic E-state index is 0.207. The smallest absolute Gasteiger partial charge is 0.141 e. The third kappa shape index (κ3) is 5.36. The van der Waals surface area contributed by atoms with E-state index < -0.39 is 0 Å². The zero-order chi connectivity index (χ0) is 13.8. The van der Waals surface area contributed by atoms with Crippen LogP contribution >= 0.6 is 11.6 Å². The van der Waals surface area contributed by atoms with Crippen molar-refractivity contribution in [3.8, 4) is 0 Å². The average Bonchev–Trinajstić information content (AvgIpc) is 2.21. The van der Waals surface area contributed by atoms with E-state index >= 15 is 0 Å². The van der Waals surface area contributed by atoms with Crippen molar-refractivity contribution in [2.45, 2.75) is 46.6 Å². The maximum Gasteiger partial charge on any atom is 0.141 e. The molecule has 0 heterocycles. The highest BCUT2D eigenvalue weighted by Gasteiger charge is 2.18. The topological polar surface area (TPSA) is 12.0 Å². The van der Waals surface area contributed by atoms with E-state index in [0.29, 0.717) is 6.04 Å². The normalized spacial score (nSPS) is 13.7. The second-order valence-electron chi connectivity index (χ2n) is 5.97. The van der Waals surface area contributed by atoms with Gasteiger partial charge in [0.1, 0.15) is 5.82 Å². The molecule has 0 fully saturated rings. The van der Waals surface area contributed by atoms with Crippen LogP contribution < -0.4 is 5.32 Å². The fourth-order valence-electron chi connectivity index (χ4n) is 2.20. The largest absolute Gasteiger partial charge is 0.314 e. The first-order valence-electron chi connectivity index (χ1n) is 6.49. The number of hydrogen-bond donors (Lipinski definition) is 1. The van der Waals surface area contributed by atoms with Crippen molar-refractivity contribution < 1.29 is 4.39 Å². The van der Waals surface area contributed by atoms with Gasteiger partial charge in [-0.1, -0.05) is 45.4 Å². The minimum atomic E-state index is -0.351. The van der Waals surface area contributed by atoms with Crippen LogP contribution in [0.4, 0.5) is 4.39 Å². The van der Waals surface area contributed by atoms with E-state index in [-0.39, 0.29) is 16.3 Å². The molecule has 1 atom stereocenters. The van der Waals surface area contributed by atoms with Crippen LogP contribution in [0, 0.1) is 11.2 Å². The van der Waals surface area contributed by atoms with Crippen molar-refractivity contribution in [3.63, 3.8) is 0 Å². The van der Waals surface area contributed by atoms with Gasteiger partial charge in [0.05, 0.1) is 5.02 Å². The summed E-state index contributed by atoms with van der Waals surface area (Å²) < 4.78 is 13.1. The van der Waals surface area contributed by atoms with Crippen molar-refractivity contribution >= 4 is 11.6 Å². The molecule has 0 bridgehead atoms. The van der Waals surface area contributed by atoms with Gasteiger partial charge in [-0.25, -0.2) is 4.39 Å². The molecular weight excluding hydrogens is 249 g/mol. The van der Waals surface area contributed by atoms with Gasteiger partial charge in [0.15, 0.2) is 0 Å². The first-order chi connectivity index (χ1) is 8.31. The third-order valence-corrected chi connectivity index (χ3v) is 3.11. The third-order valence-electron chi connectivity index (χ3n) is 2.82. The number of benzene rings is 1. The lowest BCUT2D eigenvalue weighted by Crippen LogP contribution is -2.34. The lowest BCUT2D eigenvalue weighted by Gasteiger charge is -2.26. The van der Waals surface area contributed by atoms with Crippen molar-refractivity contribution in [1.29, 1.82) is 0 Å². The highest BCUT2D eigenvalue weighted by Crippen LogP contribution is 2.24. The molecule has 1 aromatic carbocycles. The molecule has 1 aromatic rings. The Morgan fingerprint density at radius 3 is 2.50 bits per heavy atom. The molecule has 0 aliphatic heterocycles. The van der Waals surface area contributed by atoms with E-state index in [0.717, 1.165) is 24.9 Å². The van der Waals surface area contributed by atoms with Gasteiger partial charge < -0.3 is 5.32 Å². The summed E-state index contributed by atoms with van der Waals surface area (Å²) in [6, 6.07) is 5.38. The Bertz CT molecular complexity index is 385. The predicted octanol–water partition coefficient (Wildman–Crippen LogP) is 4.44. The zero-order valence-electron chi connectivity index (χ0n) is 11.7. The van der Waals surface area contributed by atoms with Crippen LogP contribution in [0.15, 0.2) is 18.2 Å². The van der Waals surface area contributed by atoms with E-state index in [1.807, 2.05) is 6.07 Å². The first-order valence-corrected chi connectivity index (χ1v) is 6.87. The molecule has 0 radical (unpaired) electrons. The van der Waals surface area contributed by atoms with Crippen LogP contribution in [-0.4, -0.2) is 12.6 Å². The minimum Gasteiger partial charge on any atom is -0.314 e. The molecule has 0 aromatic heterocycles. The lowest BCUT2D eigenvalue weighted by molar-refractivity contribution is 0.309. The van der Waals surface area contributed by atoms with Crippen molar-refractivity contribution in [3.05, 3.63) is 34.6 Å². The fourth-order valence-corrected chi connectivity index (χ4v) is 2.40. The standard InChI is InChI=1S/C15H23ClFN/c1-5-18-12(10-15(2,3)4)8-11-6-7-14(17)13(16)9-11/h6-7,9,12,18H,5,8,10H2,1-4H3. The summed E-state index contributed by atoms with van der Waals surface area (Å²) in [5, 5.41) is 3.69. The summed E-state index contributed by atoms with van der Waals surface area (Å²) in [5.74, 6) is -0.351. The maximum atomic E-state index is 13.1. The number of nitrogens with one attached hydrogen (secondary N) is 1. The molecule has 1 N–H and O–H groups in total. The Kier molecular flexibility index (Phi) is 5.61. The SMILES string of the molecule is CCNC(Cc1ccc(F)c(Cl)c1)CC(C)(C)C. The van der Waals surface area contributed by atoms with Crippen LogP contribution in [0.1, 0.15) is 39.7 Å². The second kappa shape index (κ2) is 6.53. The van der Waals surface area contributed by atoms with Gasteiger partial charge in [-0.15, -0.1) is 0 Å². The van der Waals surface area contributed by atoms with Crippen molar-refractivity contribution in [1.82, 2.24) is 5.32 Å². The fraction of sp³-hybridized carbons (Fsp3) is 0.600. The molecule has 3 heteroatoms. The van der Waals surface area contributed by atoms with Crippen molar-refractivity contribution in [2.24, 2.45) is 5.41 Å². The van der Waals surface area contributed by atoms with Gasteiger partial charge in [-0.2, -0.15) is 0 Å². The van der Waals surface area contributed by atoms with E-state index in [2.05, 4.69) is 33.0 Å². The van der Waals surface area contributed by atoms with Crippen LogP contribution in [0.3, 0.4) is 0 Å².